The van der Waals surface area contributed by atoms with Crippen molar-refractivity contribution in [2.75, 3.05) is 38.6 Å². The van der Waals surface area contributed by atoms with Crippen LogP contribution in [0.15, 0.2) is 30.6 Å². The zero-order valence-electron chi connectivity index (χ0n) is 18.9. The van der Waals surface area contributed by atoms with E-state index < -0.39 is 6.09 Å². The van der Waals surface area contributed by atoms with Crippen molar-refractivity contribution in [3.8, 4) is 11.5 Å². The second-order valence-corrected chi connectivity index (χ2v) is 7.53. The lowest BCUT2D eigenvalue weighted by Crippen LogP contribution is -2.26. The molecule has 0 atom stereocenters. The molecule has 0 spiro atoms. The Labute approximate surface area is 192 Å². The van der Waals surface area contributed by atoms with Crippen LogP contribution in [0.3, 0.4) is 0 Å². The number of carbonyl (C=O) groups is 1. The Morgan fingerprint density at radius 2 is 1.94 bits per heavy atom. The van der Waals surface area contributed by atoms with E-state index in [-0.39, 0.29) is 0 Å². The van der Waals surface area contributed by atoms with Crippen molar-refractivity contribution >= 4 is 40.1 Å². The van der Waals surface area contributed by atoms with Crippen molar-refractivity contribution in [2.24, 2.45) is 0 Å². The highest BCUT2D eigenvalue weighted by atomic mass is 35.5. The fourth-order valence-electron chi connectivity index (χ4n) is 3.58. The van der Waals surface area contributed by atoms with Gasteiger partial charge >= 0.3 is 6.09 Å². The molecule has 3 rings (SSSR count). The second kappa shape index (κ2) is 10.4. The molecule has 0 saturated heterocycles. The van der Waals surface area contributed by atoms with Crippen molar-refractivity contribution in [1.82, 2.24) is 9.97 Å². The van der Waals surface area contributed by atoms with E-state index >= 15 is 0 Å². The number of carbonyl (C=O) groups excluding carboxylic acids is 1. The number of benzene rings is 2. The molecule has 0 aliphatic heterocycles. The fraction of sp³-hybridized carbons (Fsp3) is 0.348. The molecule has 1 N–H and O–H groups in total. The quantitative estimate of drug-likeness (QED) is 0.504. The molecule has 1 amide bonds. The number of aromatic nitrogens is 2. The van der Waals surface area contributed by atoms with Crippen LogP contribution in [0.2, 0.25) is 5.02 Å². The van der Waals surface area contributed by atoms with Gasteiger partial charge in [0, 0.05) is 24.5 Å². The van der Waals surface area contributed by atoms with E-state index in [0.29, 0.717) is 34.6 Å². The SMILES string of the molecule is CCCc1c(OC)c(N(C)C(=O)OC)cc2c(NCc3ccc(OC)c(Cl)c3)ncnc12. The average molecular weight is 459 g/mol. The minimum atomic E-state index is -0.496. The van der Waals surface area contributed by atoms with Gasteiger partial charge in [-0.2, -0.15) is 0 Å². The lowest BCUT2D eigenvalue weighted by Gasteiger charge is -2.22. The number of aryl methyl sites for hydroxylation is 1. The summed E-state index contributed by atoms with van der Waals surface area (Å²) in [4.78, 5) is 22.6. The summed E-state index contributed by atoms with van der Waals surface area (Å²) >= 11 is 6.25. The van der Waals surface area contributed by atoms with E-state index in [9.17, 15) is 4.79 Å². The van der Waals surface area contributed by atoms with Gasteiger partial charge in [0.25, 0.3) is 0 Å². The van der Waals surface area contributed by atoms with E-state index in [1.54, 1.807) is 21.3 Å². The maximum absolute atomic E-state index is 12.2. The topological polar surface area (TPSA) is 85.8 Å². The highest BCUT2D eigenvalue weighted by Crippen LogP contribution is 2.39. The first-order chi connectivity index (χ1) is 15.4. The number of rotatable bonds is 8. The lowest BCUT2D eigenvalue weighted by atomic mass is 10.0. The van der Waals surface area contributed by atoms with E-state index in [1.165, 1.54) is 18.3 Å². The summed E-state index contributed by atoms with van der Waals surface area (Å²) in [7, 11) is 6.15. The molecular weight excluding hydrogens is 432 g/mol. The molecule has 0 bridgehead atoms. The van der Waals surface area contributed by atoms with Crippen LogP contribution >= 0.6 is 11.6 Å². The average Bonchev–Trinajstić information content (AvgIpc) is 2.81. The first-order valence-corrected chi connectivity index (χ1v) is 10.5. The van der Waals surface area contributed by atoms with Gasteiger partial charge in [-0.1, -0.05) is 31.0 Å². The molecule has 170 valence electrons. The van der Waals surface area contributed by atoms with E-state index in [2.05, 4.69) is 22.2 Å². The predicted molar refractivity (Wildman–Crippen MR) is 126 cm³/mol. The summed E-state index contributed by atoms with van der Waals surface area (Å²) in [6, 6.07) is 7.44. The van der Waals surface area contributed by atoms with Crippen LogP contribution in [0, 0.1) is 0 Å². The summed E-state index contributed by atoms with van der Waals surface area (Å²) in [6.07, 6.45) is 2.64. The lowest BCUT2D eigenvalue weighted by molar-refractivity contribution is 0.180. The van der Waals surface area contributed by atoms with Gasteiger partial charge in [-0.05, 0) is 30.2 Å². The third-order valence-corrected chi connectivity index (χ3v) is 5.44. The monoisotopic (exact) mass is 458 g/mol. The van der Waals surface area contributed by atoms with Crippen LogP contribution in [-0.4, -0.2) is 44.4 Å². The maximum atomic E-state index is 12.2. The van der Waals surface area contributed by atoms with Gasteiger partial charge in [0.15, 0.2) is 0 Å². The molecule has 3 aromatic rings. The summed E-state index contributed by atoms with van der Waals surface area (Å²) in [5.41, 5.74) is 3.24. The van der Waals surface area contributed by atoms with E-state index in [1.807, 2.05) is 24.3 Å². The molecule has 0 fully saturated rings. The van der Waals surface area contributed by atoms with Crippen LogP contribution in [0.1, 0.15) is 24.5 Å². The first-order valence-electron chi connectivity index (χ1n) is 10.2. The molecular formula is C23H27ClN4O4. The fourth-order valence-corrected chi connectivity index (χ4v) is 3.86. The Bertz CT molecular complexity index is 1120. The number of hydrogen-bond donors (Lipinski definition) is 1. The molecule has 1 heterocycles. The number of nitrogens with one attached hydrogen (secondary N) is 1. The number of methoxy groups -OCH3 is 3. The van der Waals surface area contributed by atoms with Crippen LogP contribution in [-0.2, 0) is 17.7 Å². The second-order valence-electron chi connectivity index (χ2n) is 7.13. The third-order valence-electron chi connectivity index (χ3n) is 5.15. The Balaban J connectivity index is 2.08. The predicted octanol–water partition coefficient (Wildman–Crippen LogP) is 5.07. The van der Waals surface area contributed by atoms with Gasteiger partial charge in [0.1, 0.15) is 23.6 Å². The Hall–Kier alpha value is -3.26. The van der Waals surface area contributed by atoms with Crippen molar-refractivity contribution in [1.29, 1.82) is 0 Å². The summed E-state index contributed by atoms with van der Waals surface area (Å²) < 4.78 is 15.8. The van der Waals surface area contributed by atoms with Gasteiger partial charge in [-0.15, -0.1) is 0 Å². The van der Waals surface area contributed by atoms with Crippen LogP contribution < -0.4 is 19.7 Å². The number of halogens is 1. The van der Waals surface area contributed by atoms with E-state index in [0.717, 1.165) is 34.9 Å². The smallest absolute Gasteiger partial charge is 0.413 e. The highest BCUT2D eigenvalue weighted by Gasteiger charge is 2.23. The van der Waals surface area contributed by atoms with Gasteiger partial charge in [0.05, 0.1) is 37.6 Å². The van der Waals surface area contributed by atoms with Gasteiger partial charge in [0.2, 0.25) is 0 Å². The molecule has 2 aromatic carbocycles. The van der Waals surface area contributed by atoms with Crippen LogP contribution in [0.4, 0.5) is 16.3 Å². The van der Waals surface area contributed by atoms with Gasteiger partial charge in [-0.3, -0.25) is 4.90 Å². The molecule has 0 radical (unpaired) electrons. The highest BCUT2D eigenvalue weighted by molar-refractivity contribution is 6.32. The summed E-state index contributed by atoms with van der Waals surface area (Å²) in [5, 5.41) is 4.68. The van der Waals surface area contributed by atoms with Crippen LogP contribution in [0.5, 0.6) is 11.5 Å². The van der Waals surface area contributed by atoms with Crippen molar-refractivity contribution in [2.45, 2.75) is 26.3 Å². The molecule has 0 unspecified atom stereocenters. The number of nitrogens with zero attached hydrogens (tertiary/aromatic N) is 3. The molecule has 32 heavy (non-hydrogen) atoms. The minimum absolute atomic E-state index is 0.493. The van der Waals surface area contributed by atoms with Crippen LogP contribution in [0.25, 0.3) is 10.9 Å². The third kappa shape index (κ3) is 4.65. The van der Waals surface area contributed by atoms with Gasteiger partial charge in [-0.25, -0.2) is 14.8 Å². The van der Waals surface area contributed by atoms with E-state index in [4.69, 9.17) is 25.8 Å². The Morgan fingerprint density at radius 3 is 2.56 bits per heavy atom. The number of fused-ring (bicyclic) bond motifs is 1. The number of hydrogen-bond acceptors (Lipinski definition) is 7. The number of ether oxygens (including phenoxy) is 3. The van der Waals surface area contributed by atoms with Crippen molar-refractivity contribution < 1.29 is 19.0 Å². The molecule has 0 saturated carbocycles. The molecule has 8 nitrogen and oxygen atoms in total. The van der Waals surface area contributed by atoms with Crippen molar-refractivity contribution in [3.63, 3.8) is 0 Å². The number of anilines is 2. The Morgan fingerprint density at radius 1 is 1.16 bits per heavy atom. The standard InChI is InChI=1S/C23H27ClN4O4/c1-6-7-15-20-16(11-18(21(15)31-4)28(2)23(29)32-5)22(27-13-26-20)25-12-14-8-9-19(30-3)17(24)10-14/h8-11,13H,6-7,12H2,1-5H3,(H,25,26,27). The summed E-state index contributed by atoms with van der Waals surface area (Å²) in [5.74, 6) is 1.86. The molecule has 1 aromatic heterocycles. The maximum Gasteiger partial charge on any atom is 0.413 e. The molecule has 0 aliphatic carbocycles. The molecule has 9 heteroatoms. The number of amides is 1. The largest absolute Gasteiger partial charge is 0.495 e. The first kappa shape index (κ1) is 23.4. The van der Waals surface area contributed by atoms with Crippen molar-refractivity contribution in [3.05, 3.63) is 46.7 Å². The zero-order valence-corrected chi connectivity index (χ0v) is 19.6. The summed E-state index contributed by atoms with van der Waals surface area (Å²) in [6.45, 7) is 2.57. The minimum Gasteiger partial charge on any atom is -0.495 e. The van der Waals surface area contributed by atoms with Gasteiger partial charge < -0.3 is 19.5 Å². The zero-order chi connectivity index (χ0) is 23.3. The normalized spacial score (nSPS) is 10.7. The molecule has 0 aliphatic rings. The Kier molecular flexibility index (Phi) is 7.58.